The molecule has 0 aromatic heterocycles. The zero-order valence-electron chi connectivity index (χ0n) is 10.4. The number of ketones is 1. The lowest BCUT2D eigenvalue weighted by Crippen LogP contribution is -1.69. The van der Waals surface area contributed by atoms with Crippen molar-refractivity contribution in [2.24, 2.45) is 0 Å². The van der Waals surface area contributed by atoms with Crippen molar-refractivity contribution in [3.63, 3.8) is 0 Å². The Kier molecular flexibility index (Phi) is 23.3. The summed E-state index contributed by atoms with van der Waals surface area (Å²) in [5, 5.41) is 0. The van der Waals surface area contributed by atoms with Gasteiger partial charge < -0.3 is 4.79 Å². The fourth-order valence-electron chi connectivity index (χ4n) is 0.534. The quantitative estimate of drug-likeness (QED) is 0.589. The van der Waals surface area contributed by atoms with E-state index in [1.165, 1.54) is 19.4 Å². The van der Waals surface area contributed by atoms with Crippen LogP contribution in [-0.4, -0.2) is 5.78 Å². The number of carbonyl (C=O) groups excluding carboxylic acids is 1. The van der Waals surface area contributed by atoms with Gasteiger partial charge in [0.1, 0.15) is 5.78 Å². The highest BCUT2D eigenvalue weighted by atomic mass is 16.1. The molecule has 1 aromatic carbocycles. The van der Waals surface area contributed by atoms with E-state index in [0.29, 0.717) is 0 Å². The van der Waals surface area contributed by atoms with Gasteiger partial charge in [-0.3, -0.25) is 0 Å². The maximum Gasteiger partial charge on any atom is 0.126 e. The minimum Gasteiger partial charge on any atom is -0.300 e. The maximum absolute atomic E-state index is 9.44. The molecule has 1 rings (SSSR count). The van der Waals surface area contributed by atoms with E-state index in [4.69, 9.17) is 0 Å². The Bertz CT molecular complexity index is 230. The van der Waals surface area contributed by atoms with E-state index < -0.39 is 0 Å². The van der Waals surface area contributed by atoms with Gasteiger partial charge in [0, 0.05) is 0 Å². The van der Waals surface area contributed by atoms with Gasteiger partial charge in [-0.05, 0) is 20.8 Å². The Labute approximate surface area is 94.5 Å². The van der Waals surface area contributed by atoms with Gasteiger partial charge in [-0.2, -0.15) is 0 Å². The highest BCUT2D eigenvalue weighted by Gasteiger charge is 1.72. The second kappa shape index (κ2) is 18.3. The van der Waals surface area contributed by atoms with Crippen LogP contribution < -0.4 is 0 Å². The van der Waals surface area contributed by atoms with E-state index >= 15 is 0 Å². The summed E-state index contributed by atoms with van der Waals surface area (Å²) >= 11 is 0. The van der Waals surface area contributed by atoms with Crippen molar-refractivity contribution >= 4 is 5.78 Å². The van der Waals surface area contributed by atoms with Crippen molar-refractivity contribution in [2.45, 2.75) is 34.6 Å². The summed E-state index contributed by atoms with van der Waals surface area (Å²) in [6.07, 6.45) is 8.00. The third-order valence-electron chi connectivity index (χ3n) is 0.940. The molecular weight excluding hydrogens is 184 g/mol. The van der Waals surface area contributed by atoms with Crippen LogP contribution in [-0.2, 0) is 4.79 Å². The van der Waals surface area contributed by atoms with Crippen molar-refractivity contribution in [2.75, 3.05) is 0 Å². The number of aryl methyl sites for hydroxylation is 1. The molecule has 0 heterocycles. The highest BCUT2D eigenvalue weighted by molar-refractivity contribution is 5.72. The van der Waals surface area contributed by atoms with Gasteiger partial charge in [-0.15, -0.1) is 12.8 Å². The summed E-state index contributed by atoms with van der Waals surface area (Å²) in [5.74, 6) is 0.167. The zero-order valence-corrected chi connectivity index (χ0v) is 10.4. The first-order valence-electron chi connectivity index (χ1n) is 4.95. The van der Waals surface area contributed by atoms with Crippen LogP contribution >= 0.6 is 0 Å². The number of hydrogen-bond acceptors (Lipinski definition) is 1. The molecule has 0 amide bonds. The van der Waals surface area contributed by atoms with Gasteiger partial charge in [0.2, 0.25) is 0 Å². The Morgan fingerprint density at radius 1 is 1.00 bits per heavy atom. The predicted octanol–water partition coefficient (Wildman–Crippen LogP) is 3.87. The van der Waals surface area contributed by atoms with Crippen molar-refractivity contribution in [1.29, 1.82) is 0 Å². The molecule has 84 valence electrons. The number of Topliss-reactive ketones (excluding diaryl/α,β-unsaturated/α-hetero) is 1. The fourth-order valence-corrected chi connectivity index (χ4v) is 0.534. The fraction of sp³-hybridized carbons (Fsp3) is 0.357. The van der Waals surface area contributed by atoms with Crippen LogP contribution in [0.5, 0.6) is 0 Å². The summed E-state index contributed by atoms with van der Waals surface area (Å²) in [7, 11) is 0. The maximum atomic E-state index is 9.44. The van der Waals surface area contributed by atoms with E-state index in [1.807, 2.05) is 32.0 Å². The summed E-state index contributed by atoms with van der Waals surface area (Å²) in [4.78, 5) is 9.44. The first kappa shape index (κ1) is 19.1. The molecular formula is C14H22O. The lowest BCUT2D eigenvalue weighted by molar-refractivity contribution is -0.114. The van der Waals surface area contributed by atoms with Crippen LogP contribution in [0.25, 0.3) is 0 Å². The topological polar surface area (TPSA) is 17.1 Å². The highest BCUT2D eigenvalue weighted by Crippen LogP contribution is 1.92. The SMILES string of the molecule is C#C.CC.CC(C)=O.Cc1ccccc1. The number of carbonyl (C=O) groups is 1. The molecule has 15 heavy (non-hydrogen) atoms. The average molecular weight is 206 g/mol. The van der Waals surface area contributed by atoms with E-state index in [1.54, 1.807) is 0 Å². The monoisotopic (exact) mass is 206 g/mol. The van der Waals surface area contributed by atoms with Crippen LogP contribution in [0.1, 0.15) is 33.3 Å². The normalized spacial score (nSPS) is 6.33. The Morgan fingerprint density at radius 2 is 1.27 bits per heavy atom. The molecule has 1 aromatic rings. The smallest absolute Gasteiger partial charge is 0.126 e. The Morgan fingerprint density at radius 3 is 1.40 bits per heavy atom. The molecule has 0 radical (unpaired) electrons. The molecule has 0 unspecified atom stereocenters. The molecule has 0 spiro atoms. The molecule has 0 saturated carbocycles. The molecule has 0 fully saturated rings. The van der Waals surface area contributed by atoms with Gasteiger partial charge in [0.15, 0.2) is 0 Å². The molecule has 0 saturated heterocycles. The summed E-state index contributed by atoms with van der Waals surface area (Å²) in [6, 6.07) is 10.3. The average Bonchev–Trinajstić information content (AvgIpc) is 2.24. The summed E-state index contributed by atoms with van der Waals surface area (Å²) in [5.41, 5.74) is 1.32. The van der Waals surface area contributed by atoms with Gasteiger partial charge in [-0.25, -0.2) is 0 Å². The minimum atomic E-state index is 0.167. The van der Waals surface area contributed by atoms with Crippen LogP contribution in [0.3, 0.4) is 0 Å². The molecule has 0 atom stereocenters. The first-order valence-corrected chi connectivity index (χ1v) is 4.95. The van der Waals surface area contributed by atoms with Crippen molar-refractivity contribution in [3.05, 3.63) is 35.9 Å². The summed E-state index contributed by atoms with van der Waals surface area (Å²) < 4.78 is 0. The van der Waals surface area contributed by atoms with Crippen molar-refractivity contribution in [1.82, 2.24) is 0 Å². The lowest BCUT2D eigenvalue weighted by Gasteiger charge is -1.82. The second-order valence-corrected chi connectivity index (χ2v) is 2.56. The Hall–Kier alpha value is -1.55. The molecule has 1 nitrogen and oxygen atoms in total. The van der Waals surface area contributed by atoms with Crippen molar-refractivity contribution in [3.8, 4) is 12.8 Å². The summed E-state index contributed by atoms with van der Waals surface area (Å²) in [6.45, 7) is 9.14. The number of rotatable bonds is 0. The molecule has 0 bridgehead atoms. The standard InChI is InChI=1S/C7H8.C3H6O.C2H6.C2H2/c1-7-5-3-2-4-6-7;1-3(2)4;2*1-2/h2-6H,1H3;1-2H3;1-2H3;1-2H. The third-order valence-corrected chi connectivity index (χ3v) is 0.940. The van der Waals surface area contributed by atoms with Crippen LogP contribution in [0.4, 0.5) is 0 Å². The third kappa shape index (κ3) is 32.7. The number of benzene rings is 1. The van der Waals surface area contributed by atoms with Crippen LogP contribution in [0.15, 0.2) is 30.3 Å². The van der Waals surface area contributed by atoms with Gasteiger partial charge >= 0.3 is 0 Å². The molecule has 0 aliphatic heterocycles. The molecule has 0 aliphatic rings. The zero-order chi connectivity index (χ0) is 12.7. The van der Waals surface area contributed by atoms with Gasteiger partial charge in [0.25, 0.3) is 0 Å². The van der Waals surface area contributed by atoms with Crippen LogP contribution in [0, 0.1) is 19.8 Å². The van der Waals surface area contributed by atoms with E-state index in [9.17, 15) is 4.79 Å². The molecule has 0 N–H and O–H groups in total. The number of terminal acetylenes is 1. The van der Waals surface area contributed by atoms with E-state index in [0.717, 1.165) is 0 Å². The first-order chi connectivity index (χ1) is 7.13. The Balaban J connectivity index is -0.000000156. The van der Waals surface area contributed by atoms with E-state index in [-0.39, 0.29) is 5.78 Å². The van der Waals surface area contributed by atoms with Gasteiger partial charge in [-0.1, -0.05) is 49.7 Å². The van der Waals surface area contributed by atoms with E-state index in [2.05, 4.69) is 31.9 Å². The minimum absolute atomic E-state index is 0.167. The largest absolute Gasteiger partial charge is 0.300 e. The lowest BCUT2D eigenvalue weighted by atomic mass is 10.2. The number of hydrogen-bond donors (Lipinski definition) is 0. The van der Waals surface area contributed by atoms with Crippen LogP contribution in [0.2, 0.25) is 0 Å². The second-order valence-electron chi connectivity index (χ2n) is 2.56. The predicted molar refractivity (Wildman–Crippen MR) is 68.8 cm³/mol. The molecule has 1 heteroatoms. The van der Waals surface area contributed by atoms with Gasteiger partial charge in [0.05, 0.1) is 0 Å². The van der Waals surface area contributed by atoms with Crippen molar-refractivity contribution < 1.29 is 4.79 Å². The molecule has 0 aliphatic carbocycles.